The molecule has 0 bridgehead atoms. The molecule has 0 spiro atoms. The van der Waals surface area contributed by atoms with Crippen LogP contribution >= 0.6 is 11.3 Å². The molecular formula is C15H18N4OS. The van der Waals surface area contributed by atoms with Gasteiger partial charge in [0.25, 0.3) is 0 Å². The molecule has 2 N–H and O–H groups in total. The molecule has 1 aliphatic carbocycles. The van der Waals surface area contributed by atoms with Gasteiger partial charge < -0.3 is 10.6 Å². The summed E-state index contributed by atoms with van der Waals surface area (Å²) in [6.45, 7) is 2.77. The number of hydrogen-bond donors (Lipinski definition) is 1. The molecule has 0 unspecified atom stereocenters. The molecule has 21 heavy (non-hydrogen) atoms. The third-order valence-corrected chi connectivity index (χ3v) is 5.70. The maximum atomic E-state index is 11.7. The molecule has 4 rings (SSSR count). The fraction of sp³-hybridized carbons (Fsp3) is 0.533. The van der Waals surface area contributed by atoms with E-state index < -0.39 is 0 Å². The molecule has 0 aromatic carbocycles. The highest BCUT2D eigenvalue weighted by Crippen LogP contribution is 2.41. The van der Waals surface area contributed by atoms with Crippen molar-refractivity contribution in [2.45, 2.75) is 45.1 Å². The van der Waals surface area contributed by atoms with Crippen molar-refractivity contribution in [3.05, 3.63) is 16.3 Å². The van der Waals surface area contributed by atoms with E-state index in [1.54, 1.807) is 11.3 Å². The van der Waals surface area contributed by atoms with Gasteiger partial charge in [0.05, 0.1) is 5.39 Å². The van der Waals surface area contributed by atoms with Gasteiger partial charge in [-0.25, -0.2) is 9.97 Å². The Labute approximate surface area is 127 Å². The van der Waals surface area contributed by atoms with Crippen LogP contribution in [0.25, 0.3) is 10.2 Å². The molecule has 2 aromatic rings. The highest BCUT2D eigenvalue weighted by atomic mass is 32.1. The second kappa shape index (κ2) is 4.66. The molecule has 1 amide bonds. The van der Waals surface area contributed by atoms with Crippen LogP contribution in [0.4, 0.5) is 5.82 Å². The lowest BCUT2D eigenvalue weighted by Crippen LogP contribution is -2.41. The topological polar surface area (TPSA) is 72.1 Å². The summed E-state index contributed by atoms with van der Waals surface area (Å²) >= 11 is 1.79. The fourth-order valence-electron chi connectivity index (χ4n) is 3.60. The van der Waals surface area contributed by atoms with Gasteiger partial charge in [-0.2, -0.15) is 0 Å². The first-order chi connectivity index (χ1) is 10.1. The molecule has 0 radical (unpaired) electrons. The van der Waals surface area contributed by atoms with Gasteiger partial charge in [-0.05, 0) is 44.6 Å². The van der Waals surface area contributed by atoms with E-state index >= 15 is 0 Å². The highest BCUT2D eigenvalue weighted by molar-refractivity contribution is 7.19. The van der Waals surface area contributed by atoms with Crippen molar-refractivity contribution >= 4 is 33.3 Å². The van der Waals surface area contributed by atoms with Crippen LogP contribution in [0.15, 0.2) is 0 Å². The van der Waals surface area contributed by atoms with E-state index in [0.29, 0.717) is 0 Å². The van der Waals surface area contributed by atoms with E-state index in [2.05, 4.69) is 14.9 Å². The average molecular weight is 302 g/mol. The molecular weight excluding hydrogens is 284 g/mol. The molecule has 6 heteroatoms. The number of rotatable bonds is 2. The van der Waals surface area contributed by atoms with Crippen molar-refractivity contribution in [1.82, 2.24) is 9.97 Å². The number of fused-ring (bicyclic) bond motifs is 3. The van der Waals surface area contributed by atoms with E-state index in [9.17, 15) is 4.79 Å². The summed E-state index contributed by atoms with van der Waals surface area (Å²) in [5.41, 5.74) is 6.98. The number of aromatic nitrogens is 2. The third-order valence-electron chi connectivity index (χ3n) is 4.51. The number of amides is 1. The van der Waals surface area contributed by atoms with Crippen LogP contribution in [0.5, 0.6) is 0 Å². The van der Waals surface area contributed by atoms with Crippen LogP contribution < -0.4 is 10.6 Å². The van der Waals surface area contributed by atoms with Gasteiger partial charge in [-0.15, -0.1) is 11.3 Å². The van der Waals surface area contributed by atoms with E-state index in [-0.39, 0.29) is 11.9 Å². The zero-order valence-electron chi connectivity index (χ0n) is 12.1. The van der Waals surface area contributed by atoms with Crippen molar-refractivity contribution in [2.75, 3.05) is 11.4 Å². The number of thiophene rings is 1. The maximum Gasteiger partial charge on any atom is 0.240 e. The molecule has 2 aliphatic rings. The quantitative estimate of drug-likeness (QED) is 0.920. The highest BCUT2D eigenvalue weighted by Gasteiger charge is 2.33. The Morgan fingerprint density at radius 1 is 1.33 bits per heavy atom. The number of carbonyl (C=O) groups excluding carboxylic acids is 1. The van der Waals surface area contributed by atoms with E-state index in [0.717, 1.165) is 48.7 Å². The molecule has 2 aromatic heterocycles. The van der Waals surface area contributed by atoms with Gasteiger partial charge in [0.2, 0.25) is 5.91 Å². The van der Waals surface area contributed by atoms with Gasteiger partial charge in [-0.1, -0.05) is 0 Å². The van der Waals surface area contributed by atoms with E-state index in [1.165, 1.54) is 22.2 Å². The number of hydrogen-bond acceptors (Lipinski definition) is 5. The van der Waals surface area contributed by atoms with Gasteiger partial charge in [0.15, 0.2) is 0 Å². The molecule has 1 fully saturated rings. The van der Waals surface area contributed by atoms with Crippen molar-refractivity contribution < 1.29 is 4.79 Å². The van der Waals surface area contributed by atoms with Crippen LogP contribution in [-0.4, -0.2) is 28.5 Å². The standard InChI is InChI=1S/C15H18N4OS/c1-8-17-14(19-7-3-5-10(19)13(16)20)12-9-4-2-6-11(9)21-15(12)18-8/h10H,2-7H2,1H3,(H2,16,20)/t10-/m1/s1. The van der Waals surface area contributed by atoms with Crippen LogP contribution in [0.3, 0.4) is 0 Å². The summed E-state index contributed by atoms with van der Waals surface area (Å²) in [4.78, 5) is 25.6. The number of nitrogens with zero attached hydrogens (tertiary/aromatic N) is 3. The SMILES string of the molecule is Cc1nc(N2CCC[C@@H]2C(N)=O)c2c3c(sc2n1)CCC3. The molecule has 0 saturated carbocycles. The normalized spacial score (nSPS) is 21.2. The van der Waals surface area contributed by atoms with Crippen molar-refractivity contribution in [2.24, 2.45) is 5.73 Å². The molecule has 1 saturated heterocycles. The Morgan fingerprint density at radius 3 is 3.00 bits per heavy atom. The molecule has 5 nitrogen and oxygen atoms in total. The lowest BCUT2D eigenvalue weighted by Gasteiger charge is -2.24. The zero-order chi connectivity index (χ0) is 14.6. The largest absolute Gasteiger partial charge is 0.368 e. The van der Waals surface area contributed by atoms with Crippen LogP contribution in [0, 0.1) is 6.92 Å². The number of aryl methyl sites for hydroxylation is 3. The summed E-state index contributed by atoms with van der Waals surface area (Å²) in [5, 5.41) is 1.17. The number of carbonyl (C=O) groups is 1. The van der Waals surface area contributed by atoms with Crippen molar-refractivity contribution in [3.63, 3.8) is 0 Å². The summed E-state index contributed by atoms with van der Waals surface area (Å²) in [5.74, 6) is 1.45. The number of nitrogens with two attached hydrogens (primary N) is 1. The first-order valence-electron chi connectivity index (χ1n) is 7.50. The Hall–Kier alpha value is -1.69. The zero-order valence-corrected chi connectivity index (χ0v) is 12.9. The summed E-state index contributed by atoms with van der Waals surface area (Å²) in [7, 11) is 0. The lowest BCUT2D eigenvalue weighted by atomic mass is 10.1. The molecule has 110 valence electrons. The monoisotopic (exact) mass is 302 g/mol. The van der Waals surface area contributed by atoms with E-state index in [4.69, 9.17) is 5.73 Å². The minimum absolute atomic E-state index is 0.223. The summed E-state index contributed by atoms with van der Waals surface area (Å²) in [6, 6.07) is -0.223. The average Bonchev–Trinajstić information content (AvgIpc) is 3.11. The smallest absolute Gasteiger partial charge is 0.240 e. The summed E-state index contributed by atoms with van der Waals surface area (Å²) in [6.07, 6.45) is 5.28. The first-order valence-corrected chi connectivity index (χ1v) is 8.31. The Balaban J connectivity index is 1.93. The third kappa shape index (κ3) is 1.92. The second-order valence-electron chi connectivity index (χ2n) is 5.89. The predicted octanol–water partition coefficient (Wildman–Crippen LogP) is 1.94. The van der Waals surface area contributed by atoms with Gasteiger partial charge in [0, 0.05) is 11.4 Å². The number of anilines is 1. The molecule has 3 heterocycles. The van der Waals surface area contributed by atoms with E-state index in [1.807, 2.05) is 6.92 Å². The predicted molar refractivity (Wildman–Crippen MR) is 83.7 cm³/mol. The molecule has 1 atom stereocenters. The fourth-order valence-corrected chi connectivity index (χ4v) is 4.91. The maximum absolute atomic E-state index is 11.7. The summed E-state index contributed by atoms with van der Waals surface area (Å²) < 4.78 is 0. The van der Waals surface area contributed by atoms with Crippen molar-refractivity contribution in [3.8, 4) is 0 Å². The minimum Gasteiger partial charge on any atom is -0.368 e. The first kappa shape index (κ1) is 13.0. The van der Waals surface area contributed by atoms with Crippen LogP contribution in [-0.2, 0) is 17.6 Å². The molecule has 1 aliphatic heterocycles. The Morgan fingerprint density at radius 2 is 2.19 bits per heavy atom. The number of primary amides is 1. The second-order valence-corrected chi connectivity index (χ2v) is 6.97. The lowest BCUT2D eigenvalue weighted by molar-refractivity contribution is -0.119. The van der Waals surface area contributed by atoms with Crippen LogP contribution in [0.2, 0.25) is 0 Å². The van der Waals surface area contributed by atoms with Gasteiger partial charge in [0.1, 0.15) is 22.5 Å². The van der Waals surface area contributed by atoms with Gasteiger partial charge >= 0.3 is 0 Å². The Bertz CT molecular complexity index is 739. The van der Waals surface area contributed by atoms with Gasteiger partial charge in [-0.3, -0.25) is 4.79 Å². The Kier molecular flexibility index (Phi) is 2.89. The van der Waals surface area contributed by atoms with Crippen molar-refractivity contribution in [1.29, 1.82) is 0 Å². The van der Waals surface area contributed by atoms with Crippen LogP contribution in [0.1, 0.15) is 35.5 Å². The minimum atomic E-state index is -0.246.